The van der Waals surface area contributed by atoms with Crippen LogP contribution in [0.4, 0.5) is 8.78 Å². The van der Waals surface area contributed by atoms with Gasteiger partial charge in [-0.15, -0.1) is 0 Å². The number of halogens is 2. The van der Waals surface area contributed by atoms with Crippen molar-refractivity contribution in [3.8, 4) is 0 Å². The number of methoxy groups -OCH3 is 1. The van der Waals surface area contributed by atoms with Crippen molar-refractivity contribution >= 4 is 5.97 Å². The average Bonchev–Trinajstić information content (AvgIpc) is 2.23. The maximum atomic E-state index is 13.2. The smallest absolute Gasteiger partial charge is 0.308 e. The number of ether oxygens (including phenoxy) is 1. The molecule has 1 atom stereocenters. The van der Waals surface area contributed by atoms with E-state index >= 15 is 0 Å². The second kappa shape index (κ2) is 5.55. The fourth-order valence-electron chi connectivity index (χ4n) is 1.30. The number of esters is 1. The van der Waals surface area contributed by atoms with Crippen LogP contribution in [0.2, 0.25) is 0 Å². The molecule has 5 heteroatoms. The fraction of sp³-hybridized carbons (Fsp3) is 0.364. The van der Waals surface area contributed by atoms with Gasteiger partial charge in [0.15, 0.2) is 0 Å². The normalized spacial score (nSPS) is 12.2. The van der Waals surface area contributed by atoms with Crippen LogP contribution in [0, 0.1) is 11.6 Å². The Balaban J connectivity index is 2.65. The highest BCUT2D eigenvalue weighted by atomic mass is 19.1. The van der Waals surface area contributed by atoms with Gasteiger partial charge in [0.1, 0.15) is 11.6 Å². The van der Waals surface area contributed by atoms with Gasteiger partial charge in [-0.1, -0.05) is 0 Å². The second-order valence-corrected chi connectivity index (χ2v) is 3.37. The van der Waals surface area contributed by atoms with Crippen LogP contribution in [0.1, 0.15) is 12.0 Å². The summed E-state index contributed by atoms with van der Waals surface area (Å²) in [5.74, 6) is -1.78. The molecule has 1 rings (SSSR count). The van der Waals surface area contributed by atoms with Gasteiger partial charge in [0.25, 0.3) is 0 Å². The zero-order chi connectivity index (χ0) is 12.1. The molecule has 0 heterocycles. The van der Waals surface area contributed by atoms with Gasteiger partial charge >= 0.3 is 5.97 Å². The van der Waals surface area contributed by atoms with Gasteiger partial charge in [0.2, 0.25) is 0 Å². The first-order valence-corrected chi connectivity index (χ1v) is 4.71. The van der Waals surface area contributed by atoms with Crippen LogP contribution in [-0.4, -0.2) is 24.3 Å². The molecule has 16 heavy (non-hydrogen) atoms. The predicted octanol–water partition coefficient (Wildman–Crippen LogP) is 1.43. The van der Waals surface area contributed by atoms with Crippen molar-refractivity contribution in [1.29, 1.82) is 0 Å². The molecular weight excluding hydrogens is 218 g/mol. The highest BCUT2D eigenvalue weighted by molar-refractivity contribution is 5.69. The van der Waals surface area contributed by atoms with Gasteiger partial charge in [-0.2, -0.15) is 0 Å². The van der Waals surface area contributed by atoms with Crippen LogP contribution in [0.3, 0.4) is 0 Å². The summed E-state index contributed by atoms with van der Waals surface area (Å²) in [6.45, 7) is 0. The van der Waals surface area contributed by atoms with Crippen LogP contribution < -0.4 is 0 Å². The maximum absolute atomic E-state index is 13.2. The molecule has 3 nitrogen and oxygen atoms in total. The summed E-state index contributed by atoms with van der Waals surface area (Å²) in [6, 6.07) is 2.97. The zero-order valence-corrected chi connectivity index (χ0v) is 8.74. The third-order valence-electron chi connectivity index (χ3n) is 2.09. The minimum Gasteiger partial charge on any atom is -0.469 e. The molecule has 0 fully saturated rings. The lowest BCUT2D eigenvalue weighted by Gasteiger charge is -2.09. The number of rotatable bonds is 4. The highest BCUT2D eigenvalue weighted by Crippen LogP contribution is 2.13. The lowest BCUT2D eigenvalue weighted by molar-refractivity contribution is -0.142. The molecular formula is C11H12F2O3. The molecule has 0 saturated heterocycles. The number of carbonyl (C=O) groups is 1. The van der Waals surface area contributed by atoms with Crippen LogP contribution in [0.15, 0.2) is 18.2 Å². The molecule has 0 radical (unpaired) electrons. The first-order valence-electron chi connectivity index (χ1n) is 4.71. The van der Waals surface area contributed by atoms with E-state index in [9.17, 15) is 18.7 Å². The van der Waals surface area contributed by atoms with Crippen molar-refractivity contribution in [1.82, 2.24) is 0 Å². The Labute approximate surface area is 91.7 Å². The summed E-state index contributed by atoms with van der Waals surface area (Å²) in [7, 11) is 1.19. The topological polar surface area (TPSA) is 46.5 Å². The first kappa shape index (κ1) is 12.6. The number of hydrogen-bond donors (Lipinski definition) is 1. The van der Waals surface area contributed by atoms with E-state index < -0.39 is 23.7 Å². The third kappa shape index (κ3) is 3.58. The van der Waals surface area contributed by atoms with Crippen LogP contribution in [0.25, 0.3) is 0 Å². The summed E-state index contributed by atoms with van der Waals surface area (Å²) >= 11 is 0. The first-order chi connectivity index (χ1) is 7.52. The van der Waals surface area contributed by atoms with E-state index in [1.54, 1.807) is 0 Å². The van der Waals surface area contributed by atoms with E-state index in [0.29, 0.717) is 0 Å². The van der Waals surface area contributed by atoms with Crippen molar-refractivity contribution < 1.29 is 23.4 Å². The molecule has 1 aromatic carbocycles. The Kier molecular flexibility index (Phi) is 4.37. The lowest BCUT2D eigenvalue weighted by atomic mass is 10.1. The summed E-state index contributed by atoms with van der Waals surface area (Å²) in [5, 5.41) is 9.43. The van der Waals surface area contributed by atoms with Gasteiger partial charge in [0, 0.05) is 6.42 Å². The number of aliphatic hydroxyl groups excluding tert-OH is 1. The van der Waals surface area contributed by atoms with Gasteiger partial charge in [0.05, 0.1) is 19.6 Å². The van der Waals surface area contributed by atoms with Crippen molar-refractivity contribution in [2.45, 2.75) is 18.9 Å². The second-order valence-electron chi connectivity index (χ2n) is 3.37. The number of carbonyl (C=O) groups excluding carboxylic acids is 1. The maximum Gasteiger partial charge on any atom is 0.308 e. The summed E-state index contributed by atoms with van der Waals surface area (Å²) in [4.78, 5) is 10.8. The van der Waals surface area contributed by atoms with E-state index in [2.05, 4.69) is 4.74 Å². The van der Waals surface area contributed by atoms with E-state index in [0.717, 1.165) is 18.2 Å². The van der Waals surface area contributed by atoms with Gasteiger partial charge in [-0.05, 0) is 23.8 Å². The molecule has 1 aromatic rings. The van der Waals surface area contributed by atoms with Crippen LogP contribution in [0.5, 0.6) is 0 Å². The van der Waals surface area contributed by atoms with Crippen molar-refractivity contribution in [3.63, 3.8) is 0 Å². The Morgan fingerprint density at radius 2 is 2.19 bits per heavy atom. The zero-order valence-electron chi connectivity index (χ0n) is 8.74. The standard InChI is InChI=1S/C11H12F2O3/c1-16-11(15)6-9(14)5-7-4-8(12)2-3-10(7)13/h2-4,9,14H,5-6H2,1H3/t9-/m0/s1. The molecule has 1 N–H and O–H groups in total. The summed E-state index contributed by atoms with van der Waals surface area (Å²) in [5.41, 5.74) is 0.0383. The van der Waals surface area contributed by atoms with Crippen LogP contribution >= 0.6 is 0 Å². The van der Waals surface area contributed by atoms with Crippen molar-refractivity contribution in [3.05, 3.63) is 35.4 Å². The SMILES string of the molecule is COC(=O)C[C@@H](O)Cc1cc(F)ccc1F. The van der Waals surface area contributed by atoms with Crippen molar-refractivity contribution in [2.24, 2.45) is 0 Å². The molecule has 0 saturated carbocycles. The predicted molar refractivity (Wildman–Crippen MR) is 52.7 cm³/mol. The quantitative estimate of drug-likeness (QED) is 0.796. The van der Waals surface area contributed by atoms with E-state index in [-0.39, 0.29) is 18.4 Å². The molecule has 0 bridgehead atoms. The molecule has 0 aliphatic heterocycles. The number of benzene rings is 1. The van der Waals surface area contributed by atoms with Gasteiger partial charge in [-0.25, -0.2) is 8.78 Å². The van der Waals surface area contributed by atoms with E-state index in [1.807, 2.05) is 0 Å². The molecule has 0 aliphatic rings. The largest absolute Gasteiger partial charge is 0.469 e. The number of hydrogen-bond acceptors (Lipinski definition) is 3. The van der Waals surface area contributed by atoms with Crippen molar-refractivity contribution in [2.75, 3.05) is 7.11 Å². The fourth-order valence-corrected chi connectivity index (χ4v) is 1.30. The Morgan fingerprint density at radius 3 is 2.81 bits per heavy atom. The molecule has 0 spiro atoms. The molecule has 88 valence electrons. The van der Waals surface area contributed by atoms with Gasteiger partial charge < -0.3 is 9.84 Å². The third-order valence-corrected chi connectivity index (χ3v) is 2.09. The number of aliphatic hydroxyl groups is 1. The highest BCUT2D eigenvalue weighted by Gasteiger charge is 2.14. The minimum absolute atomic E-state index is 0.0383. The Bertz CT molecular complexity index is 379. The molecule has 0 amide bonds. The monoisotopic (exact) mass is 230 g/mol. The Hall–Kier alpha value is -1.49. The van der Waals surface area contributed by atoms with Crippen LogP contribution in [-0.2, 0) is 16.0 Å². The summed E-state index contributed by atoms with van der Waals surface area (Å²) < 4.78 is 30.3. The van der Waals surface area contributed by atoms with Gasteiger partial charge in [-0.3, -0.25) is 4.79 Å². The lowest BCUT2D eigenvalue weighted by Crippen LogP contribution is -2.17. The molecule has 0 aliphatic carbocycles. The Morgan fingerprint density at radius 1 is 1.50 bits per heavy atom. The minimum atomic E-state index is -1.08. The molecule has 0 aromatic heterocycles. The molecule has 0 unspecified atom stereocenters. The van der Waals surface area contributed by atoms with E-state index in [1.165, 1.54) is 7.11 Å². The van der Waals surface area contributed by atoms with E-state index in [4.69, 9.17) is 0 Å². The average molecular weight is 230 g/mol. The summed E-state index contributed by atoms with van der Waals surface area (Å²) in [6.07, 6.45) is -1.45.